The van der Waals surface area contributed by atoms with Crippen molar-refractivity contribution in [3.8, 4) is 0 Å². The van der Waals surface area contributed by atoms with Crippen molar-refractivity contribution in [2.75, 3.05) is 0 Å². The fourth-order valence-corrected chi connectivity index (χ4v) is 2.00. The van der Waals surface area contributed by atoms with E-state index in [1.807, 2.05) is 0 Å². The first-order valence-corrected chi connectivity index (χ1v) is 4.72. The zero-order chi connectivity index (χ0) is 10.3. The van der Waals surface area contributed by atoms with Crippen LogP contribution in [-0.2, 0) is 5.67 Å². The lowest BCUT2D eigenvalue weighted by molar-refractivity contribution is 0.0402. The van der Waals surface area contributed by atoms with Crippen LogP contribution in [0.3, 0.4) is 0 Å². The van der Waals surface area contributed by atoms with Gasteiger partial charge in [0.25, 0.3) is 0 Å². The monoisotopic (exact) mass is 197 g/mol. The minimum Gasteiger partial charge on any atom is -0.327 e. The van der Waals surface area contributed by atoms with Crippen LogP contribution in [0.1, 0.15) is 24.0 Å². The van der Waals surface area contributed by atoms with Gasteiger partial charge in [0.15, 0.2) is 0 Å². The summed E-state index contributed by atoms with van der Waals surface area (Å²) in [4.78, 5) is 0. The number of alkyl halides is 1. The minimum atomic E-state index is -1.40. The van der Waals surface area contributed by atoms with E-state index in [9.17, 15) is 8.78 Å². The molecule has 1 nitrogen and oxygen atoms in total. The second kappa shape index (κ2) is 3.02. The third-order valence-electron chi connectivity index (χ3n) is 2.73. The lowest BCUT2D eigenvalue weighted by Gasteiger charge is -2.39. The maximum absolute atomic E-state index is 14.0. The summed E-state index contributed by atoms with van der Waals surface area (Å²) in [5, 5.41) is 0. The maximum Gasteiger partial charge on any atom is 0.139 e. The van der Waals surface area contributed by atoms with Gasteiger partial charge in [-0.15, -0.1) is 0 Å². The van der Waals surface area contributed by atoms with Crippen LogP contribution in [0.4, 0.5) is 8.78 Å². The summed E-state index contributed by atoms with van der Waals surface area (Å²) < 4.78 is 27.0. The topological polar surface area (TPSA) is 26.0 Å². The SMILES string of the molecule is Cc1cc(F)cc(C2(F)CC(N)C2)c1. The Kier molecular flexibility index (Phi) is 2.07. The van der Waals surface area contributed by atoms with Gasteiger partial charge in [0.2, 0.25) is 0 Å². The third kappa shape index (κ3) is 1.52. The lowest BCUT2D eigenvalue weighted by Crippen LogP contribution is -2.46. The number of rotatable bonds is 1. The molecule has 0 unspecified atom stereocenters. The Labute approximate surface area is 81.9 Å². The van der Waals surface area contributed by atoms with E-state index in [2.05, 4.69) is 0 Å². The van der Waals surface area contributed by atoms with Gasteiger partial charge in [-0.1, -0.05) is 6.07 Å². The highest BCUT2D eigenvalue weighted by atomic mass is 19.1. The molecular formula is C11H13F2N. The number of benzene rings is 1. The Bertz CT molecular complexity index is 336. The predicted octanol–water partition coefficient (Wildman–Crippen LogP) is 2.42. The molecule has 0 aromatic heterocycles. The predicted molar refractivity (Wildman–Crippen MR) is 51.1 cm³/mol. The van der Waals surface area contributed by atoms with Crippen molar-refractivity contribution >= 4 is 0 Å². The van der Waals surface area contributed by atoms with E-state index in [1.165, 1.54) is 12.1 Å². The largest absolute Gasteiger partial charge is 0.327 e. The molecule has 0 bridgehead atoms. The zero-order valence-corrected chi connectivity index (χ0v) is 8.06. The van der Waals surface area contributed by atoms with Crippen molar-refractivity contribution in [1.29, 1.82) is 0 Å². The first kappa shape index (κ1) is 9.59. The lowest BCUT2D eigenvalue weighted by atomic mass is 9.73. The molecule has 1 aliphatic carbocycles. The molecule has 2 rings (SSSR count). The average molecular weight is 197 g/mol. The van der Waals surface area contributed by atoms with E-state index < -0.39 is 5.67 Å². The molecule has 0 aliphatic heterocycles. The standard InChI is InChI=1S/C11H13F2N/c1-7-2-8(4-9(12)3-7)11(13)5-10(14)6-11/h2-4,10H,5-6,14H2,1H3. The van der Waals surface area contributed by atoms with Crippen LogP contribution >= 0.6 is 0 Å². The number of aryl methyl sites for hydroxylation is 1. The number of hydrogen-bond acceptors (Lipinski definition) is 1. The molecule has 1 aromatic rings. The number of hydrogen-bond donors (Lipinski definition) is 1. The van der Waals surface area contributed by atoms with Crippen molar-refractivity contribution in [3.63, 3.8) is 0 Å². The fraction of sp³-hybridized carbons (Fsp3) is 0.455. The Balaban J connectivity index is 2.32. The molecular weight excluding hydrogens is 184 g/mol. The van der Waals surface area contributed by atoms with Crippen molar-refractivity contribution in [3.05, 3.63) is 35.1 Å². The highest BCUT2D eigenvalue weighted by Crippen LogP contribution is 2.44. The van der Waals surface area contributed by atoms with Gasteiger partial charge in [-0.2, -0.15) is 0 Å². The second-order valence-electron chi connectivity index (χ2n) is 4.15. The van der Waals surface area contributed by atoms with Crippen LogP contribution in [0.15, 0.2) is 18.2 Å². The molecule has 2 N–H and O–H groups in total. The van der Waals surface area contributed by atoms with Crippen LogP contribution in [0.25, 0.3) is 0 Å². The van der Waals surface area contributed by atoms with Gasteiger partial charge in [-0.25, -0.2) is 8.78 Å². The Hall–Kier alpha value is -0.960. The Morgan fingerprint density at radius 2 is 2.00 bits per heavy atom. The Morgan fingerprint density at radius 1 is 1.36 bits per heavy atom. The molecule has 0 spiro atoms. The molecule has 0 atom stereocenters. The van der Waals surface area contributed by atoms with Gasteiger partial charge in [0.1, 0.15) is 11.5 Å². The van der Waals surface area contributed by atoms with Crippen LogP contribution < -0.4 is 5.73 Å². The molecule has 0 heterocycles. The van der Waals surface area contributed by atoms with E-state index >= 15 is 0 Å². The van der Waals surface area contributed by atoms with Crippen LogP contribution in [0.5, 0.6) is 0 Å². The smallest absolute Gasteiger partial charge is 0.139 e. The maximum atomic E-state index is 14.0. The zero-order valence-electron chi connectivity index (χ0n) is 8.06. The minimum absolute atomic E-state index is 0.0800. The van der Waals surface area contributed by atoms with Crippen LogP contribution in [-0.4, -0.2) is 6.04 Å². The first-order chi connectivity index (χ1) is 6.49. The van der Waals surface area contributed by atoms with Gasteiger partial charge in [-0.05, 0) is 30.2 Å². The summed E-state index contributed by atoms with van der Waals surface area (Å²) in [6.45, 7) is 1.76. The van der Waals surface area contributed by atoms with Gasteiger partial charge in [0.05, 0.1) is 0 Å². The molecule has 1 saturated carbocycles. The van der Waals surface area contributed by atoms with E-state index in [4.69, 9.17) is 5.73 Å². The molecule has 3 heteroatoms. The molecule has 1 aliphatic rings. The normalized spacial score (nSPS) is 31.3. The van der Waals surface area contributed by atoms with Crippen molar-refractivity contribution < 1.29 is 8.78 Å². The molecule has 0 amide bonds. The van der Waals surface area contributed by atoms with E-state index in [0.29, 0.717) is 18.4 Å². The van der Waals surface area contributed by atoms with E-state index in [-0.39, 0.29) is 11.9 Å². The quantitative estimate of drug-likeness (QED) is 0.735. The Morgan fingerprint density at radius 3 is 2.50 bits per heavy atom. The highest BCUT2D eigenvalue weighted by molar-refractivity contribution is 5.31. The fourth-order valence-electron chi connectivity index (χ4n) is 2.00. The molecule has 76 valence electrons. The molecule has 1 fully saturated rings. The van der Waals surface area contributed by atoms with Crippen molar-refractivity contribution in [2.45, 2.75) is 31.5 Å². The molecule has 14 heavy (non-hydrogen) atoms. The average Bonchev–Trinajstić information content (AvgIpc) is 1.99. The van der Waals surface area contributed by atoms with Crippen molar-refractivity contribution in [2.24, 2.45) is 5.73 Å². The molecule has 0 radical (unpaired) electrons. The number of nitrogens with two attached hydrogens (primary N) is 1. The van der Waals surface area contributed by atoms with Crippen molar-refractivity contribution in [1.82, 2.24) is 0 Å². The summed E-state index contributed by atoms with van der Waals surface area (Å²) in [6.07, 6.45) is 0.603. The second-order valence-corrected chi connectivity index (χ2v) is 4.15. The summed E-state index contributed by atoms with van der Waals surface area (Å²) in [6, 6.07) is 4.27. The molecule has 0 saturated heterocycles. The van der Waals surface area contributed by atoms with E-state index in [0.717, 1.165) is 5.56 Å². The summed E-state index contributed by atoms with van der Waals surface area (Å²) in [5.41, 5.74) is 5.31. The summed E-state index contributed by atoms with van der Waals surface area (Å²) >= 11 is 0. The summed E-state index contributed by atoms with van der Waals surface area (Å²) in [5.74, 6) is -0.377. The van der Waals surface area contributed by atoms with Gasteiger partial charge in [0, 0.05) is 18.9 Å². The van der Waals surface area contributed by atoms with Gasteiger partial charge >= 0.3 is 0 Å². The van der Waals surface area contributed by atoms with Crippen LogP contribution in [0.2, 0.25) is 0 Å². The molecule has 1 aromatic carbocycles. The highest BCUT2D eigenvalue weighted by Gasteiger charge is 2.44. The van der Waals surface area contributed by atoms with E-state index in [1.54, 1.807) is 13.0 Å². The van der Waals surface area contributed by atoms with Gasteiger partial charge in [-0.3, -0.25) is 0 Å². The first-order valence-electron chi connectivity index (χ1n) is 4.72. The number of halogens is 2. The van der Waals surface area contributed by atoms with Crippen LogP contribution in [0, 0.1) is 12.7 Å². The van der Waals surface area contributed by atoms with Gasteiger partial charge < -0.3 is 5.73 Å². The third-order valence-corrected chi connectivity index (χ3v) is 2.73. The summed E-state index contributed by atoms with van der Waals surface area (Å²) in [7, 11) is 0.